The summed E-state index contributed by atoms with van der Waals surface area (Å²) in [7, 11) is 1.65. The van der Waals surface area contributed by atoms with Gasteiger partial charge in [-0.25, -0.2) is 0 Å². The molecule has 0 spiro atoms. The predicted molar refractivity (Wildman–Crippen MR) is 75.6 cm³/mol. The van der Waals surface area contributed by atoms with Crippen molar-refractivity contribution in [2.45, 2.75) is 13.8 Å². The number of anilines is 2. The van der Waals surface area contributed by atoms with E-state index in [1.807, 2.05) is 26.0 Å². The van der Waals surface area contributed by atoms with Crippen LogP contribution in [0.2, 0.25) is 0 Å². The van der Waals surface area contributed by atoms with E-state index in [0.717, 1.165) is 5.69 Å². The van der Waals surface area contributed by atoms with E-state index < -0.39 is 0 Å². The fourth-order valence-electron chi connectivity index (χ4n) is 1.93. The van der Waals surface area contributed by atoms with E-state index in [1.165, 1.54) is 11.1 Å². The van der Waals surface area contributed by atoms with Gasteiger partial charge in [-0.15, -0.1) is 5.10 Å². The molecule has 102 valence electrons. The van der Waals surface area contributed by atoms with E-state index >= 15 is 0 Å². The van der Waals surface area contributed by atoms with Gasteiger partial charge in [-0.3, -0.25) is 0 Å². The Morgan fingerprint density at radius 3 is 2.58 bits per heavy atom. The second-order valence-electron chi connectivity index (χ2n) is 4.47. The van der Waals surface area contributed by atoms with Gasteiger partial charge in [0.2, 0.25) is 11.9 Å². The number of hydrogen-bond donors (Lipinski definition) is 2. The summed E-state index contributed by atoms with van der Waals surface area (Å²) >= 11 is 0. The van der Waals surface area contributed by atoms with Crippen LogP contribution in [0.3, 0.4) is 0 Å². The zero-order valence-corrected chi connectivity index (χ0v) is 11.5. The first kappa shape index (κ1) is 13.4. The lowest BCUT2D eigenvalue weighted by Gasteiger charge is -2.05. The number of rotatable bonds is 5. The van der Waals surface area contributed by atoms with Gasteiger partial charge in [0, 0.05) is 13.7 Å². The highest BCUT2D eigenvalue weighted by molar-refractivity contribution is 5.45. The number of nitrogen functional groups attached to an aromatic ring is 1. The van der Waals surface area contributed by atoms with Gasteiger partial charge in [-0.2, -0.15) is 9.67 Å². The number of aryl methyl sites for hydroxylation is 2. The molecule has 6 heteroatoms. The molecular formula is C13H19N5O. The minimum absolute atomic E-state index is 0.366. The van der Waals surface area contributed by atoms with Crippen LogP contribution in [0.15, 0.2) is 18.2 Å². The van der Waals surface area contributed by atoms with E-state index in [1.54, 1.807) is 11.8 Å². The van der Waals surface area contributed by atoms with Crippen LogP contribution in [0.25, 0.3) is 5.69 Å². The van der Waals surface area contributed by atoms with Gasteiger partial charge >= 0.3 is 0 Å². The maximum absolute atomic E-state index is 5.90. The van der Waals surface area contributed by atoms with E-state index in [0.29, 0.717) is 25.0 Å². The number of aromatic nitrogens is 3. The zero-order valence-electron chi connectivity index (χ0n) is 11.5. The van der Waals surface area contributed by atoms with Crippen molar-refractivity contribution in [2.24, 2.45) is 0 Å². The number of nitrogens with one attached hydrogen (secondary N) is 1. The van der Waals surface area contributed by atoms with Gasteiger partial charge in [0.05, 0.1) is 12.3 Å². The first-order chi connectivity index (χ1) is 9.10. The molecule has 0 bridgehead atoms. The number of hydrogen-bond acceptors (Lipinski definition) is 5. The van der Waals surface area contributed by atoms with Gasteiger partial charge in [-0.05, 0) is 37.1 Å². The summed E-state index contributed by atoms with van der Waals surface area (Å²) in [4.78, 5) is 4.18. The Balaban J connectivity index is 2.24. The molecular weight excluding hydrogens is 242 g/mol. The molecule has 2 rings (SSSR count). The third-order valence-electron chi connectivity index (χ3n) is 2.67. The highest BCUT2D eigenvalue weighted by atomic mass is 16.5. The van der Waals surface area contributed by atoms with Gasteiger partial charge in [-0.1, -0.05) is 6.07 Å². The molecule has 0 saturated heterocycles. The molecule has 1 aromatic carbocycles. The molecule has 1 heterocycles. The van der Waals surface area contributed by atoms with Crippen LogP contribution >= 0.6 is 0 Å². The monoisotopic (exact) mass is 261 g/mol. The summed E-state index contributed by atoms with van der Waals surface area (Å²) in [5.74, 6) is 0.874. The molecule has 0 aliphatic rings. The van der Waals surface area contributed by atoms with Crippen molar-refractivity contribution in [2.75, 3.05) is 31.3 Å². The van der Waals surface area contributed by atoms with E-state index in [-0.39, 0.29) is 0 Å². The Bertz CT molecular complexity index is 544. The molecule has 1 aromatic heterocycles. The minimum Gasteiger partial charge on any atom is -0.383 e. The number of nitrogens with two attached hydrogens (primary N) is 1. The average molecular weight is 261 g/mol. The molecule has 0 fully saturated rings. The van der Waals surface area contributed by atoms with E-state index in [2.05, 4.69) is 21.5 Å². The van der Waals surface area contributed by atoms with Crippen LogP contribution in [0, 0.1) is 13.8 Å². The molecule has 0 aliphatic heterocycles. The van der Waals surface area contributed by atoms with Crippen LogP contribution < -0.4 is 11.1 Å². The van der Waals surface area contributed by atoms with Crippen molar-refractivity contribution in [1.82, 2.24) is 14.8 Å². The van der Waals surface area contributed by atoms with Crippen LogP contribution in [-0.2, 0) is 4.74 Å². The molecule has 0 radical (unpaired) electrons. The fraction of sp³-hybridized carbons (Fsp3) is 0.385. The molecule has 3 N–H and O–H groups in total. The maximum atomic E-state index is 5.90. The minimum atomic E-state index is 0.366. The lowest BCUT2D eigenvalue weighted by molar-refractivity contribution is 0.210. The van der Waals surface area contributed by atoms with Crippen molar-refractivity contribution >= 4 is 11.9 Å². The summed E-state index contributed by atoms with van der Waals surface area (Å²) in [6.45, 7) is 5.33. The summed E-state index contributed by atoms with van der Waals surface area (Å²) in [6.07, 6.45) is 0. The summed E-state index contributed by atoms with van der Waals surface area (Å²) in [5.41, 5.74) is 9.15. The van der Waals surface area contributed by atoms with Crippen molar-refractivity contribution in [3.63, 3.8) is 0 Å². The topological polar surface area (TPSA) is 78.0 Å². The van der Waals surface area contributed by atoms with E-state index in [4.69, 9.17) is 10.5 Å². The largest absolute Gasteiger partial charge is 0.383 e. The Morgan fingerprint density at radius 2 is 1.95 bits per heavy atom. The third kappa shape index (κ3) is 3.23. The average Bonchev–Trinajstić information content (AvgIpc) is 2.70. The van der Waals surface area contributed by atoms with Crippen molar-refractivity contribution in [3.8, 4) is 5.69 Å². The standard InChI is InChI=1S/C13H19N5O/c1-9-6-10(2)8-11(7-9)18-12(14)16-13(17-18)15-4-5-19-3/h6-8H,4-5H2,1-3H3,(H3,14,15,16,17). The lowest BCUT2D eigenvalue weighted by Crippen LogP contribution is -2.09. The Kier molecular flexibility index (Phi) is 4.01. The lowest BCUT2D eigenvalue weighted by atomic mass is 10.1. The highest BCUT2D eigenvalue weighted by Crippen LogP contribution is 2.17. The Labute approximate surface area is 112 Å². The van der Waals surface area contributed by atoms with E-state index in [9.17, 15) is 0 Å². The van der Waals surface area contributed by atoms with Crippen LogP contribution in [-0.4, -0.2) is 35.0 Å². The fourth-order valence-corrected chi connectivity index (χ4v) is 1.93. The molecule has 6 nitrogen and oxygen atoms in total. The first-order valence-electron chi connectivity index (χ1n) is 6.14. The smallest absolute Gasteiger partial charge is 0.244 e. The first-order valence-corrected chi connectivity index (χ1v) is 6.14. The molecule has 0 aliphatic carbocycles. The molecule has 0 unspecified atom stereocenters. The second-order valence-corrected chi connectivity index (χ2v) is 4.47. The second kappa shape index (κ2) is 5.71. The Hall–Kier alpha value is -2.08. The van der Waals surface area contributed by atoms with Gasteiger partial charge in [0.15, 0.2) is 0 Å². The number of nitrogens with zero attached hydrogens (tertiary/aromatic N) is 3. The molecule has 0 saturated carbocycles. The number of benzene rings is 1. The highest BCUT2D eigenvalue weighted by Gasteiger charge is 2.09. The zero-order chi connectivity index (χ0) is 13.8. The summed E-state index contributed by atoms with van der Waals surface area (Å²) in [6, 6.07) is 6.16. The summed E-state index contributed by atoms with van der Waals surface area (Å²) < 4.78 is 6.59. The van der Waals surface area contributed by atoms with Crippen LogP contribution in [0.4, 0.5) is 11.9 Å². The molecule has 0 atom stereocenters. The summed E-state index contributed by atoms with van der Waals surface area (Å²) in [5, 5.41) is 7.41. The Morgan fingerprint density at radius 1 is 1.26 bits per heavy atom. The van der Waals surface area contributed by atoms with Crippen molar-refractivity contribution < 1.29 is 4.74 Å². The quantitative estimate of drug-likeness (QED) is 0.798. The normalized spacial score (nSPS) is 10.7. The van der Waals surface area contributed by atoms with Gasteiger partial charge in [0.25, 0.3) is 0 Å². The molecule has 0 amide bonds. The third-order valence-corrected chi connectivity index (χ3v) is 2.67. The maximum Gasteiger partial charge on any atom is 0.244 e. The molecule has 19 heavy (non-hydrogen) atoms. The van der Waals surface area contributed by atoms with Crippen LogP contribution in [0.1, 0.15) is 11.1 Å². The molecule has 2 aromatic rings. The van der Waals surface area contributed by atoms with Crippen molar-refractivity contribution in [1.29, 1.82) is 0 Å². The van der Waals surface area contributed by atoms with Gasteiger partial charge < -0.3 is 15.8 Å². The predicted octanol–water partition coefficient (Wildman–Crippen LogP) is 1.52. The number of methoxy groups -OCH3 is 1. The van der Waals surface area contributed by atoms with Gasteiger partial charge in [0.1, 0.15) is 0 Å². The van der Waals surface area contributed by atoms with Crippen molar-refractivity contribution in [3.05, 3.63) is 29.3 Å². The van der Waals surface area contributed by atoms with Crippen LogP contribution in [0.5, 0.6) is 0 Å². The number of ether oxygens (including phenoxy) is 1. The SMILES string of the molecule is COCCNc1nc(N)n(-c2cc(C)cc(C)c2)n1.